The number of hydrogen-bond donors (Lipinski definition) is 1. The second-order valence-electron chi connectivity index (χ2n) is 6.12. The van der Waals surface area contributed by atoms with Gasteiger partial charge in [0.2, 0.25) is 5.91 Å². The van der Waals surface area contributed by atoms with Crippen molar-refractivity contribution in [3.8, 4) is 17.0 Å². The zero-order valence-corrected chi connectivity index (χ0v) is 16.0. The molecule has 0 unspecified atom stereocenters. The van der Waals surface area contributed by atoms with Gasteiger partial charge in [-0.25, -0.2) is 10.4 Å². The first-order chi connectivity index (χ1) is 13.7. The van der Waals surface area contributed by atoms with Crippen LogP contribution >= 0.6 is 11.3 Å². The Morgan fingerprint density at radius 2 is 2.11 bits per heavy atom. The van der Waals surface area contributed by atoms with Crippen LogP contribution in [-0.4, -0.2) is 28.6 Å². The first-order valence-electron chi connectivity index (χ1n) is 8.70. The normalized spacial score (nSPS) is 11.2. The topological polar surface area (TPSA) is 68.0 Å². The number of ether oxygens (including phenoxy) is 1. The fourth-order valence-corrected chi connectivity index (χ4v) is 3.68. The number of carbonyl (C=O) groups excluding carboxylic acids is 1. The third-order valence-corrected chi connectivity index (χ3v) is 5.08. The van der Waals surface area contributed by atoms with Gasteiger partial charge in [0, 0.05) is 22.8 Å². The van der Waals surface area contributed by atoms with Gasteiger partial charge in [0.1, 0.15) is 5.75 Å². The van der Waals surface area contributed by atoms with Crippen molar-refractivity contribution in [1.82, 2.24) is 14.8 Å². The highest BCUT2D eigenvalue weighted by Crippen LogP contribution is 2.23. The van der Waals surface area contributed by atoms with Gasteiger partial charge in [0.15, 0.2) is 4.96 Å². The van der Waals surface area contributed by atoms with Gasteiger partial charge in [-0.3, -0.25) is 9.20 Å². The molecule has 140 valence electrons. The van der Waals surface area contributed by atoms with Crippen LogP contribution in [0.15, 0.2) is 71.3 Å². The summed E-state index contributed by atoms with van der Waals surface area (Å²) in [5.74, 6) is 0.555. The zero-order valence-electron chi connectivity index (χ0n) is 15.2. The number of thiazole rings is 1. The number of amides is 1. The minimum absolute atomic E-state index is 0.186. The van der Waals surface area contributed by atoms with E-state index >= 15 is 0 Å². The Balaban J connectivity index is 1.43. The van der Waals surface area contributed by atoms with Crippen molar-refractivity contribution in [3.63, 3.8) is 0 Å². The van der Waals surface area contributed by atoms with Crippen molar-refractivity contribution < 1.29 is 9.53 Å². The van der Waals surface area contributed by atoms with E-state index in [-0.39, 0.29) is 12.3 Å². The molecular formula is C21H18N4O2S. The van der Waals surface area contributed by atoms with Crippen LogP contribution in [0.5, 0.6) is 5.75 Å². The summed E-state index contributed by atoms with van der Waals surface area (Å²) in [6, 6.07) is 17.4. The van der Waals surface area contributed by atoms with Gasteiger partial charge >= 0.3 is 0 Å². The summed E-state index contributed by atoms with van der Waals surface area (Å²) < 4.78 is 7.13. The molecule has 0 aliphatic rings. The van der Waals surface area contributed by atoms with Gasteiger partial charge in [0.25, 0.3) is 0 Å². The molecule has 0 bridgehead atoms. The monoisotopic (exact) mass is 390 g/mol. The van der Waals surface area contributed by atoms with E-state index in [0.717, 1.165) is 33.2 Å². The molecule has 4 aromatic rings. The molecule has 7 heteroatoms. The first kappa shape index (κ1) is 17.9. The molecule has 0 fully saturated rings. The van der Waals surface area contributed by atoms with Crippen LogP contribution in [0.3, 0.4) is 0 Å². The summed E-state index contributed by atoms with van der Waals surface area (Å²) in [5.41, 5.74) is 6.24. The van der Waals surface area contributed by atoms with Gasteiger partial charge in [0.05, 0.1) is 25.4 Å². The summed E-state index contributed by atoms with van der Waals surface area (Å²) in [5, 5.41) is 5.98. The Labute approximate surface area is 166 Å². The number of rotatable bonds is 6. The van der Waals surface area contributed by atoms with Crippen LogP contribution in [0.2, 0.25) is 0 Å². The number of fused-ring (bicyclic) bond motifs is 1. The van der Waals surface area contributed by atoms with Crippen LogP contribution in [0.25, 0.3) is 16.2 Å². The van der Waals surface area contributed by atoms with Crippen molar-refractivity contribution in [1.29, 1.82) is 0 Å². The quantitative estimate of drug-likeness (QED) is 0.403. The molecule has 2 heterocycles. The maximum absolute atomic E-state index is 12.3. The molecule has 0 aliphatic carbocycles. The molecule has 0 saturated carbocycles. The molecule has 1 N–H and O–H groups in total. The predicted molar refractivity (Wildman–Crippen MR) is 111 cm³/mol. The largest absolute Gasteiger partial charge is 0.497 e. The minimum atomic E-state index is -0.186. The fraction of sp³-hybridized carbons (Fsp3) is 0.0952. The summed E-state index contributed by atoms with van der Waals surface area (Å²) in [7, 11) is 1.61. The van der Waals surface area contributed by atoms with Gasteiger partial charge in [-0.2, -0.15) is 5.10 Å². The number of methoxy groups -OCH3 is 1. The highest BCUT2D eigenvalue weighted by Gasteiger charge is 2.12. The minimum Gasteiger partial charge on any atom is -0.497 e. The number of aromatic nitrogens is 2. The maximum Gasteiger partial charge on any atom is 0.246 e. The summed E-state index contributed by atoms with van der Waals surface area (Å²) in [6.07, 6.45) is 3.78. The van der Waals surface area contributed by atoms with Crippen LogP contribution in [-0.2, 0) is 11.2 Å². The Hall–Kier alpha value is -3.45. The number of imidazole rings is 1. The van der Waals surface area contributed by atoms with Crippen LogP contribution in [0.4, 0.5) is 0 Å². The average molecular weight is 390 g/mol. The van der Waals surface area contributed by atoms with Crippen LogP contribution < -0.4 is 10.2 Å². The van der Waals surface area contributed by atoms with Crippen molar-refractivity contribution in [3.05, 3.63) is 77.4 Å². The van der Waals surface area contributed by atoms with E-state index in [1.165, 1.54) is 11.3 Å². The third kappa shape index (κ3) is 3.94. The number of nitrogens with one attached hydrogen (secondary N) is 1. The molecule has 2 aromatic heterocycles. The highest BCUT2D eigenvalue weighted by atomic mass is 32.1. The lowest BCUT2D eigenvalue weighted by Crippen LogP contribution is -2.20. The van der Waals surface area contributed by atoms with Gasteiger partial charge < -0.3 is 4.74 Å². The molecule has 4 rings (SSSR count). The second-order valence-corrected chi connectivity index (χ2v) is 6.95. The Bertz CT molecular complexity index is 1130. The molecule has 0 atom stereocenters. The number of hydrazone groups is 1. The molecule has 0 spiro atoms. The first-order valence-corrected chi connectivity index (χ1v) is 9.58. The molecule has 0 saturated heterocycles. The number of carbonyl (C=O) groups is 1. The van der Waals surface area contributed by atoms with E-state index < -0.39 is 0 Å². The molecule has 6 nitrogen and oxygen atoms in total. The second kappa shape index (κ2) is 8.06. The molecule has 28 heavy (non-hydrogen) atoms. The summed E-state index contributed by atoms with van der Waals surface area (Å²) in [4.78, 5) is 17.8. The Kier molecular flexibility index (Phi) is 5.16. The SMILES string of the molecule is COc1cccc(/C=N/NC(=O)Cc2csc3nc(-c4ccccc4)cn23)c1. The van der Waals surface area contributed by atoms with Crippen molar-refractivity contribution in [2.75, 3.05) is 7.11 Å². The van der Waals surface area contributed by atoms with Crippen LogP contribution in [0.1, 0.15) is 11.3 Å². The van der Waals surface area contributed by atoms with E-state index in [1.807, 2.05) is 70.6 Å². The molecule has 2 aromatic carbocycles. The average Bonchev–Trinajstić information content (AvgIpc) is 3.31. The molecule has 0 aliphatic heterocycles. The summed E-state index contributed by atoms with van der Waals surface area (Å²) >= 11 is 1.52. The van der Waals surface area contributed by atoms with E-state index in [0.29, 0.717) is 0 Å². The van der Waals surface area contributed by atoms with Gasteiger partial charge in [-0.15, -0.1) is 11.3 Å². The number of benzene rings is 2. The van der Waals surface area contributed by atoms with E-state index in [1.54, 1.807) is 13.3 Å². The van der Waals surface area contributed by atoms with E-state index in [4.69, 9.17) is 4.74 Å². The predicted octanol–water partition coefficient (Wildman–Crippen LogP) is 3.76. The van der Waals surface area contributed by atoms with Crippen LogP contribution in [0, 0.1) is 0 Å². The standard InChI is InChI=1S/C21H18N4O2S/c1-27-18-9-5-6-15(10-18)12-22-24-20(26)11-17-14-28-21-23-19(13-25(17)21)16-7-3-2-4-8-16/h2-10,12-14H,11H2,1H3,(H,24,26)/b22-12+. The smallest absolute Gasteiger partial charge is 0.246 e. The molecular weight excluding hydrogens is 372 g/mol. The lowest BCUT2D eigenvalue weighted by atomic mass is 10.2. The van der Waals surface area contributed by atoms with Crippen molar-refractivity contribution >= 4 is 28.4 Å². The number of hydrogen-bond acceptors (Lipinski definition) is 5. The van der Waals surface area contributed by atoms with Gasteiger partial charge in [-0.05, 0) is 17.7 Å². The Morgan fingerprint density at radius 3 is 2.93 bits per heavy atom. The third-order valence-electron chi connectivity index (χ3n) is 4.19. The fourth-order valence-electron chi connectivity index (χ4n) is 2.81. The molecule has 1 amide bonds. The zero-order chi connectivity index (χ0) is 19.3. The summed E-state index contributed by atoms with van der Waals surface area (Å²) in [6.45, 7) is 0. The lowest BCUT2D eigenvalue weighted by molar-refractivity contribution is -0.120. The number of nitrogens with zero attached hydrogens (tertiary/aromatic N) is 3. The Morgan fingerprint density at radius 1 is 1.25 bits per heavy atom. The van der Waals surface area contributed by atoms with E-state index in [2.05, 4.69) is 15.5 Å². The van der Waals surface area contributed by atoms with Gasteiger partial charge in [-0.1, -0.05) is 42.5 Å². The van der Waals surface area contributed by atoms with Crippen molar-refractivity contribution in [2.24, 2.45) is 5.10 Å². The highest BCUT2D eigenvalue weighted by molar-refractivity contribution is 7.15. The van der Waals surface area contributed by atoms with E-state index in [9.17, 15) is 4.79 Å². The molecule has 0 radical (unpaired) electrons. The maximum atomic E-state index is 12.3. The lowest BCUT2D eigenvalue weighted by Gasteiger charge is -2.01. The van der Waals surface area contributed by atoms with Crippen molar-refractivity contribution in [2.45, 2.75) is 6.42 Å².